The van der Waals surface area contributed by atoms with Crippen molar-refractivity contribution in [2.75, 3.05) is 10.5 Å². The molecule has 0 unspecified atom stereocenters. The van der Waals surface area contributed by atoms with E-state index in [1.54, 1.807) is 19.9 Å². The Bertz CT molecular complexity index is 758. The molecular weight excluding hydrogens is 291 g/mol. The highest BCUT2D eigenvalue weighted by Gasteiger charge is 2.19. The highest BCUT2D eigenvalue weighted by Crippen LogP contribution is 2.26. The standard InChI is InChI=1S/C15H17FN2O2S/c1-9-5-4-6-13(16)15(9)18-21(19,20)12-7-10(2)11(3)14(17)8-12/h4-8,18H,17H2,1-3H3. The molecule has 21 heavy (non-hydrogen) atoms. The van der Waals surface area contributed by atoms with Crippen molar-refractivity contribution in [3.8, 4) is 0 Å². The molecule has 0 aromatic heterocycles. The van der Waals surface area contributed by atoms with Gasteiger partial charge in [-0.1, -0.05) is 12.1 Å². The van der Waals surface area contributed by atoms with Gasteiger partial charge in [-0.05, 0) is 55.7 Å². The van der Waals surface area contributed by atoms with Crippen molar-refractivity contribution < 1.29 is 12.8 Å². The minimum atomic E-state index is -3.89. The Labute approximate surface area is 123 Å². The fraction of sp³-hybridized carbons (Fsp3) is 0.200. The van der Waals surface area contributed by atoms with Crippen LogP contribution in [0.4, 0.5) is 15.8 Å². The lowest BCUT2D eigenvalue weighted by atomic mass is 10.1. The summed E-state index contributed by atoms with van der Waals surface area (Å²) in [6.07, 6.45) is 0. The predicted octanol–water partition coefficient (Wildman–Crippen LogP) is 3.13. The van der Waals surface area contributed by atoms with Gasteiger partial charge in [0, 0.05) is 5.69 Å². The molecule has 3 N–H and O–H groups in total. The number of aryl methyl sites for hydroxylation is 2. The van der Waals surface area contributed by atoms with Crippen LogP contribution in [0.3, 0.4) is 0 Å². The third-order valence-electron chi connectivity index (χ3n) is 3.45. The summed E-state index contributed by atoms with van der Waals surface area (Å²) in [5, 5.41) is 0. The third kappa shape index (κ3) is 3.00. The van der Waals surface area contributed by atoms with Crippen LogP contribution in [0.2, 0.25) is 0 Å². The number of anilines is 2. The molecule has 2 rings (SSSR count). The van der Waals surface area contributed by atoms with Gasteiger partial charge in [0.2, 0.25) is 0 Å². The molecule has 112 valence electrons. The van der Waals surface area contributed by atoms with Gasteiger partial charge in [-0.3, -0.25) is 4.72 Å². The van der Waals surface area contributed by atoms with E-state index in [-0.39, 0.29) is 10.6 Å². The lowest BCUT2D eigenvalue weighted by molar-refractivity contribution is 0.598. The van der Waals surface area contributed by atoms with Gasteiger partial charge in [0.1, 0.15) is 5.82 Å². The van der Waals surface area contributed by atoms with Crippen LogP contribution in [0.5, 0.6) is 0 Å². The largest absolute Gasteiger partial charge is 0.398 e. The topological polar surface area (TPSA) is 72.2 Å². The number of sulfonamides is 1. The van der Waals surface area contributed by atoms with E-state index < -0.39 is 15.8 Å². The Balaban J connectivity index is 2.49. The molecule has 0 atom stereocenters. The average Bonchev–Trinajstić information content (AvgIpc) is 2.40. The minimum Gasteiger partial charge on any atom is -0.398 e. The zero-order chi connectivity index (χ0) is 15.8. The maximum absolute atomic E-state index is 13.8. The van der Waals surface area contributed by atoms with Gasteiger partial charge in [-0.25, -0.2) is 12.8 Å². The lowest BCUT2D eigenvalue weighted by Crippen LogP contribution is -2.15. The van der Waals surface area contributed by atoms with Crippen molar-refractivity contribution in [1.82, 2.24) is 0 Å². The van der Waals surface area contributed by atoms with Crippen LogP contribution in [0.15, 0.2) is 35.2 Å². The molecule has 0 radical (unpaired) electrons. The van der Waals surface area contributed by atoms with Gasteiger partial charge in [0.15, 0.2) is 0 Å². The number of benzene rings is 2. The van der Waals surface area contributed by atoms with Crippen molar-refractivity contribution in [3.63, 3.8) is 0 Å². The van der Waals surface area contributed by atoms with Crippen molar-refractivity contribution >= 4 is 21.4 Å². The van der Waals surface area contributed by atoms with Crippen molar-refractivity contribution in [1.29, 1.82) is 0 Å². The molecule has 0 aliphatic rings. The summed E-state index contributed by atoms with van der Waals surface area (Å²) in [6.45, 7) is 5.23. The van der Waals surface area contributed by atoms with Crippen LogP contribution in [0, 0.1) is 26.6 Å². The highest BCUT2D eigenvalue weighted by atomic mass is 32.2. The van der Waals surface area contributed by atoms with E-state index >= 15 is 0 Å². The van der Waals surface area contributed by atoms with Crippen LogP contribution in [0.1, 0.15) is 16.7 Å². The van der Waals surface area contributed by atoms with E-state index in [1.807, 2.05) is 6.92 Å². The van der Waals surface area contributed by atoms with Gasteiger partial charge in [-0.15, -0.1) is 0 Å². The molecule has 0 aliphatic carbocycles. The SMILES string of the molecule is Cc1cc(S(=O)(=O)Nc2c(C)cccc2F)cc(N)c1C. The summed E-state index contributed by atoms with van der Waals surface area (Å²) < 4.78 is 40.8. The maximum atomic E-state index is 13.8. The third-order valence-corrected chi connectivity index (χ3v) is 4.78. The van der Waals surface area contributed by atoms with Crippen molar-refractivity contribution in [3.05, 3.63) is 52.8 Å². The number of hydrogen-bond donors (Lipinski definition) is 2. The summed E-state index contributed by atoms with van der Waals surface area (Å²) in [5.41, 5.74) is 8.25. The molecule has 0 saturated carbocycles. The molecular formula is C15H17FN2O2S. The normalized spacial score (nSPS) is 11.4. The van der Waals surface area contributed by atoms with E-state index in [0.29, 0.717) is 11.3 Å². The fourth-order valence-corrected chi connectivity index (χ4v) is 3.22. The quantitative estimate of drug-likeness (QED) is 0.856. The Hall–Kier alpha value is -2.08. The number of halogens is 1. The summed E-state index contributed by atoms with van der Waals surface area (Å²) >= 11 is 0. The zero-order valence-electron chi connectivity index (χ0n) is 12.1. The Morgan fingerprint density at radius 3 is 2.33 bits per heavy atom. The van der Waals surface area contributed by atoms with E-state index in [9.17, 15) is 12.8 Å². The van der Waals surface area contributed by atoms with Gasteiger partial charge in [-0.2, -0.15) is 0 Å². The molecule has 0 saturated heterocycles. The maximum Gasteiger partial charge on any atom is 0.262 e. The summed E-state index contributed by atoms with van der Waals surface area (Å²) in [4.78, 5) is 0.0192. The summed E-state index contributed by atoms with van der Waals surface area (Å²) in [7, 11) is -3.89. The van der Waals surface area contributed by atoms with Crippen LogP contribution in [-0.2, 0) is 10.0 Å². The van der Waals surface area contributed by atoms with Gasteiger partial charge in [0.05, 0.1) is 10.6 Å². The number of para-hydroxylation sites is 1. The second kappa shape index (κ2) is 5.37. The highest BCUT2D eigenvalue weighted by molar-refractivity contribution is 7.92. The molecule has 0 bridgehead atoms. The van der Waals surface area contributed by atoms with E-state index in [1.165, 1.54) is 24.3 Å². The molecule has 2 aromatic rings. The number of rotatable bonds is 3. The van der Waals surface area contributed by atoms with E-state index in [4.69, 9.17) is 5.73 Å². The number of nitrogens with one attached hydrogen (secondary N) is 1. The first-order valence-corrected chi connectivity index (χ1v) is 7.85. The summed E-state index contributed by atoms with van der Waals surface area (Å²) in [5.74, 6) is -0.615. The second-order valence-corrected chi connectivity index (χ2v) is 6.67. The van der Waals surface area contributed by atoms with E-state index in [0.717, 1.165) is 11.1 Å². The molecule has 0 aliphatic heterocycles. The smallest absolute Gasteiger partial charge is 0.262 e. The van der Waals surface area contributed by atoms with Crippen LogP contribution in [-0.4, -0.2) is 8.42 Å². The lowest BCUT2D eigenvalue weighted by Gasteiger charge is -2.13. The van der Waals surface area contributed by atoms with Crippen LogP contribution >= 0.6 is 0 Å². The molecule has 0 amide bonds. The van der Waals surface area contributed by atoms with Crippen molar-refractivity contribution in [2.24, 2.45) is 0 Å². The first kappa shape index (κ1) is 15.3. The predicted molar refractivity (Wildman–Crippen MR) is 82.3 cm³/mol. The Kier molecular flexibility index (Phi) is 3.91. The number of nitrogens with two attached hydrogens (primary N) is 1. The monoisotopic (exact) mass is 308 g/mol. The van der Waals surface area contributed by atoms with Gasteiger partial charge < -0.3 is 5.73 Å². The van der Waals surface area contributed by atoms with Crippen LogP contribution < -0.4 is 10.5 Å². The average molecular weight is 308 g/mol. The zero-order valence-corrected chi connectivity index (χ0v) is 12.9. The van der Waals surface area contributed by atoms with Gasteiger partial charge >= 0.3 is 0 Å². The second-order valence-electron chi connectivity index (χ2n) is 4.99. The molecule has 6 heteroatoms. The Morgan fingerprint density at radius 1 is 1.10 bits per heavy atom. The fourth-order valence-electron chi connectivity index (χ4n) is 1.96. The molecule has 2 aromatic carbocycles. The van der Waals surface area contributed by atoms with Crippen LogP contribution in [0.25, 0.3) is 0 Å². The Morgan fingerprint density at radius 2 is 1.76 bits per heavy atom. The molecule has 4 nitrogen and oxygen atoms in total. The summed E-state index contributed by atoms with van der Waals surface area (Å²) in [6, 6.07) is 7.26. The number of nitrogen functional groups attached to an aromatic ring is 1. The molecule has 0 heterocycles. The van der Waals surface area contributed by atoms with E-state index in [2.05, 4.69) is 4.72 Å². The molecule has 0 fully saturated rings. The first-order valence-electron chi connectivity index (χ1n) is 6.37. The van der Waals surface area contributed by atoms with Gasteiger partial charge in [0.25, 0.3) is 10.0 Å². The first-order chi connectivity index (χ1) is 9.72. The number of hydrogen-bond acceptors (Lipinski definition) is 3. The van der Waals surface area contributed by atoms with Crippen molar-refractivity contribution in [2.45, 2.75) is 25.7 Å². The minimum absolute atomic E-state index is 0.0192. The molecule has 0 spiro atoms.